The van der Waals surface area contributed by atoms with Gasteiger partial charge in [0.2, 0.25) is 5.91 Å². The van der Waals surface area contributed by atoms with Gasteiger partial charge in [0.15, 0.2) is 0 Å². The zero-order valence-electron chi connectivity index (χ0n) is 19.6. The average molecular weight is 475 g/mol. The van der Waals surface area contributed by atoms with Crippen molar-refractivity contribution in [3.05, 3.63) is 59.7 Å². The first-order chi connectivity index (χ1) is 16.9. The monoisotopic (exact) mass is 474 g/mol. The van der Waals surface area contributed by atoms with Crippen LogP contribution in [0.3, 0.4) is 0 Å². The maximum Gasteiger partial charge on any atom is 0.407 e. The maximum atomic E-state index is 12.7. The molecule has 6 rings (SSSR count). The molecule has 0 unspecified atom stereocenters. The number of ether oxygens (including phenoxy) is 1. The Kier molecular flexibility index (Phi) is 5.13. The molecule has 3 N–H and O–H groups in total. The van der Waals surface area contributed by atoms with Gasteiger partial charge in [0.05, 0.1) is 0 Å². The number of carbonyl (C=O) groups is 3. The standard InChI is InChI=1S/C28H30N2O5/c31-24(30-28(25(32)33)15-27(16-28)10-5-11-27)17-12-18(13-17)29-26(34)35-14-23-21-8-3-1-6-19(21)20-7-2-4-9-22(20)23/h1-4,6-9,17-18,23H,5,10-16H2,(H,29,34)(H,30,31)(H,32,33). The Hall–Kier alpha value is -3.35. The van der Waals surface area contributed by atoms with Gasteiger partial charge in [0.25, 0.3) is 0 Å². The molecule has 4 aliphatic carbocycles. The minimum atomic E-state index is -1.11. The van der Waals surface area contributed by atoms with Gasteiger partial charge in [-0.05, 0) is 66.2 Å². The van der Waals surface area contributed by atoms with E-state index in [0.717, 1.165) is 30.4 Å². The van der Waals surface area contributed by atoms with E-state index in [1.54, 1.807) is 0 Å². The lowest BCUT2D eigenvalue weighted by molar-refractivity contribution is -0.167. The third-order valence-electron chi connectivity index (χ3n) is 8.71. The summed E-state index contributed by atoms with van der Waals surface area (Å²) < 4.78 is 5.59. The fourth-order valence-corrected chi connectivity index (χ4v) is 6.65. The molecule has 7 nitrogen and oxygen atoms in total. The molecule has 0 atom stereocenters. The second-order valence-electron chi connectivity index (χ2n) is 10.9. The fraction of sp³-hybridized carbons (Fsp3) is 0.464. The lowest BCUT2D eigenvalue weighted by Crippen LogP contribution is -2.69. The second-order valence-corrected chi connectivity index (χ2v) is 10.9. The molecule has 35 heavy (non-hydrogen) atoms. The number of hydrogen-bond acceptors (Lipinski definition) is 4. The van der Waals surface area contributed by atoms with E-state index in [2.05, 4.69) is 34.9 Å². The Morgan fingerprint density at radius 1 is 0.943 bits per heavy atom. The molecule has 0 heterocycles. The van der Waals surface area contributed by atoms with Crippen molar-refractivity contribution in [3.63, 3.8) is 0 Å². The molecule has 0 aliphatic heterocycles. The summed E-state index contributed by atoms with van der Waals surface area (Å²) in [6.07, 6.45) is 4.86. The lowest BCUT2D eigenvalue weighted by atomic mass is 9.48. The Labute approximate surface area is 204 Å². The Balaban J connectivity index is 0.989. The number of rotatable bonds is 6. The van der Waals surface area contributed by atoms with Gasteiger partial charge in [-0.25, -0.2) is 9.59 Å². The van der Waals surface area contributed by atoms with Crippen molar-refractivity contribution < 1.29 is 24.2 Å². The van der Waals surface area contributed by atoms with Crippen LogP contribution in [0.15, 0.2) is 48.5 Å². The topological polar surface area (TPSA) is 105 Å². The molecular formula is C28H30N2O5. The van der Waals surface area contributed by atoms with Crippen LogP contribution in [0.1, 0.15) is 62.0 Å². The molecule has 0 saturated heterocycles. The highest BCUT2D eigenvalue weighted by Gasteiger charge is 2.62. The molecule has 2 aromatic rings. The molecule has 182 valence electrons. The number of carboxylic acid groups (broad SMARTS) is 1. The van der Waals surface area contributed by atoms with E-state index >= 15 is 0 Å². The van der Waals surface area contributed by atoms with Crippen molar-refractivity contribution >= 4 is 18.0 Å². The molecule has 4 aliphatic rings. The van der Waals surface area contributed by atoms with Crippen LogP contribution in [-0.4, -0.2) is 41.3 Å². The quantitative estimate of drug-likeness (QED) is 0.582. The smallest absolute Gasteiger partial charge is 0.407 e. The molecule has 2 aromatic carbocycles. The summed E-state index contributed by atoms with van der Waals surface area (Å²) in [6, 6.07) is 16.2. The van der Waals surface area contributed by atoms with Crippen LogP contribution < -0.4 is 10.6 Å². The summed E-state index contributed by atoms with van der Waals surface area (Å²) >= 11 is 0. The maximum absolute atomic E-state index is 12.7. The Bertz CT molecular complexity index is 1140. The number of fused-ring (bicyclic) bond motifs is 3. The number of alkyl carbamates (subject to hydrolysis) is 1. The third kappa shape index (κ3) is 3.68. The lowest BCUT2D eigenvalue weighted by Gasteiger charge is -2.59. The van der Waals surface area contributed by atoms with Gasteiger partial charge in [-0.15, -0.1) is 0 Å². The predicted octanol–water partition coefficient (Wildman–Crippen LogP) is 4.21. The number of amides is 2. The van der Waals surface area contributed by atoms with E-state index in [1.807, 2.05) is 24.3 Å². The highest BCUT2D eigenvalue weighted by Crippen LogP contribution is 2.60. The van der Waals surface area contributed by atoms with Crippen LogP contribution in [0.4, 0.5) is 4.79 Å². The molecule has 3 saturated carbocycles. The van der Waals surface area contributed by atoms with Crippen LogP contribution in [0.25, 0.3) is 11.1 Å². The zero-order chi connectivity index (χ0) is 24.2. The average Bonchev–Trinajstić information content (AvgIpc) is 3.09. The van der Waals surface area contributed by atoms with Crippen LogP contribution in [0.2, 0.25) is 0 Å². The summed E-state index contributed by atoms with van der Waals surface area (Å²) in [5.74, 6) is -1.42. The Morgan fingerprint density at radius 3 is 2.09 bits per heavy atom. The normalized spacial score (nSPS) is 24.7. The van der Waals surface area contributed by atoms with Gasteiger partial charge < -0.3 is 20.5 Å². The first-order valence-electron chi connectivity index (χ1n) is 12.6. The first kappa shape index (κ1) is 22.1. The van der Waals surface area contributed by atoms with Crippen LogP contribution >= 0.6 is 0 Å². The summed E-state index contributed by atoms with van der Waals surface area (Å²) in [6.45, 7) is 0.249. The van der Waals surface area contributed by atoms with E-state index in [0.29, 0.717) is 25.7 Å². The molecule has 1 spiro atoms. The number of carboxylic acids is 1. The minimum absolute atomic E-state index is 0.00159. The van der Waals surface area contributed by atoms with Crippen LogP contribution in [0, 0.1) is 11.3 Å². The Morgan fingerprint density at radius 2 is 1.54 bits per heavy atom. The molecule has 0 radical (unpaired) electrons. The van der Waals surface area contributed by atoms with Crippen molar-refractivity contribution in [2.24, 2.45) is 11.3 Å². The molecule has 2 amide bonds. The van der Waals surface area contributed by atoms with Crippen molar-refractivity contribution in [2.75, 3.05) is 6.61 Å². The SMILES string of the molecule is O=C(NC1CC(C(=O)NC2(C(=O)O)CC3(CCC3)C2)C1)OCC1c2ccccc2-c2ccccc21. The second kappa shape index (κ2) is 8.11. The predicted molar refractivity (Wildman–Crippen MR) is 129 cm³/mol. The fourth-order valence-electron chi connectivity index (χ4n) is 6.65. The van der Waals surface area contributed by atoms with Gasteiger partial charge in [0.1, 0.15) is 12.1 Å². The third-order valence-corrected chi connectivity index (χ3v) is 8.71. The van der Waals surface area contributed by atoms with Crippen molar-refractivity contribution in [3.8, 4) is 11.1 Å². The number of aliphatic carboxylic acids is 1. The summed E-state index contributed by atoms with van der Waals surface area (Å²) in [5, 5.41) is 15.4. The number of nitrogens with one attached hydrogen (secondary N) is 2. The van der Waals surface area contributed by atoms with Gasteiger partial charge in [-0.1, -0.05) is 55.0 Å². The van der Waals surface area contributed by atoms with E-state index in [9.17, 15) is 19.5 Å². The van der Waals surface area contributed by atoms with E-state index in [-0.39, 0.29) is 35.8 Å². The van der Waals surface area contributed by atoms with Gasteiger partial charge in [-0.2, -0.15) is 0 Å². The number of hydrogen-bond donors (Lipinski definition) is 3. The van der Waals surface area contributed by atoms with Crippen LogP contribution in [-0.2, 0) is 14.3 Å². The van der Waals surface area contributed by atoms with Crippen molar-refractivity contribution in [1.82, 2.24) is 10.6 Å². The number of benzene rings is 2. The molecule has 3 fully saturated rings. The summed E-state index contributed by atoms with van der Waals surface area (Å²) in [4.78, 5) is 37.0. The van der Waals surface area contributed by atoms with E-state index in [1.165, 1.54) is 11.1 Å². The number of carbonyl (C=O) groups excluding carboxylic acids is 2. The minimum Gasteiger partial charge on any atom is -0.480 e. The largest absolute Gasteiger partial charge is 0.480 e. The van der Waals surface area contributed by atoms with E-state index in [4.69, 9.17) is 4.74 Å². The van der Waals surface area contributed by atoms with Crippen molar-refractivity contribution in [2.45, 2.75) is 62.4 Å². The zero-order valence-corrected chi connectivity index (χ0v) is 19.6. The molecule has 0 aromatic heterocycles. The van der Waals surface area contributed by atoms with Gasteiger partial charge in [0, 0.05) is 17.9 Å². The molecule has 0 bridgehead atoms. The van der Waals surface area contributed by atoms with Crippen LogP contribution in [0.5, 0.6) is 0 Å². The highest BCUT2D eigenvalue weighted by molar-refractivity contribution is 5.90. The molecule has 7 heteroatoms. The van der Waals surface area contributed by atoms with Crippen molar-refractivity contribution in [1.29, 1.82) is 0 Å². The van der Waals surface area contributed by atoms with Gasteiger partial charge in [-0.3, -0.25) is 4.79 Å². The van der Waals surface area contributed by atoms with E-state index < -0.39 is 17.6 Å². The first-order valence-corrected chi connectivity index (χ1v) is 12.6. The summed E-state index contributed by atoms with van der Waals surface area (Å²) in [5.41, 5.74) is 3.71. The highest BCUT2D eigenvalue weighted by atomic mass is 16.5. The van der Waals surface area contributed by atoms with Gasteiger partial charge >= 0.3 is 12.1 Å². The molecular weight excluding hydrogens is 444 g/mol. The summed E-state index contributed by atoms with van der Waals surface area (Å²) in [7, 11) is 0.